The van der Waals surface area contributed by atoms with Crippen molar-refractivity contribution in [1.29, 1.82) is 5.26 Å². The van der Waals surface area contributed by atoms with Crippen molar-refractivity contribution in [1.82, 2.24) is 4.90 Å². The first kappa shape index (κ1) is 11.1. The van der Waals surface area contributed by atoms with E-state index in [4.69, 9.17) is 4.74 Å². The Labute approximate surface area is 106 Å². The standard InChI is InChI=1S/C14H14N2O2/c1-18-12-4-2-10(3-5-12)8-16-13(17)6-11-7-14(11,16)9-15/h2-5,11H,6-8H2,1H3/t11-,14-/m0/s1. The summed E-state index contributed by atoms with van der Waals surface area (Å²) in [4.78, 5) is 13.6. The van der Waals surface area contributed by atoms with Gasteiger partial charge < -0.3 is 9.64 Å². The summed E-state index contributed by atoms with van der Waals surface area (Å²) < 4.78 is 5.10. The van der Waals surface area contributed by atoms with Crippen molar-refractivity contribution < 1.29 is 9.53 Å². The van der Waals surface area contributed by atoms with Gasteiger partial charge >= 0.3 is 0 Å². The molecule has 4 nitrogen and oxygen atoms in total. The summed E-state index contributed by atoms with van der Waals surface area (Å²) in [5, 5.41) is 9.25. The lowest BCUT2D eigenvalue weighted by atomic mass is 10.1. The molecule has 1 heterocycles. The molecule has 2 fully saturated rings. The van der Waals surface area contributed by atoms with Crippen LogP contribution in [0, 0.1) is 17.2 Å². The van der Waals surface area contributed by atoms with Crippen molar-refractivity contribution in [3.8, 4) is 11.8 Å². The zero-order chi connectivity index (χ0) is 12.8. The number of hydrogen-bond donors (Lipinski definition) is 0. The van der Waals surface area contributed by atoms with E-state index in [0.29, 0.717) is 13.0 Å². The van der Waals surface area contributed by atoms with E-state index in [1.165, 1.54) is 0 Å². The van der Waals surface area contributed by atoms with Gasteiger partial charge in [-0.3, -0.25) is 4.79 Å². The smallest absolute Gasteiger partial charge is 0.224 e. The van der Waals surface area contributed by atoms with Gasteiger partial charge in [0.1, 0.15) is 11.3 Å². The Kier molecular flexibility index (Phi) is 2.30. The molecule has 1 aromatic rings. The maximum absolute atomic E-state index is 11.9. The Morgan fingerprint density at radius 1 is 1.50 bits per heavy atom. The summed E-state index contributed by atoms with van der Waals surface area (Å²) in [7, 11) is 1.62. The lowest BCUT2D eigenvalue weighted by molar-refractivity contribution is -0.130. The molecule has 92 valence electrons. The Balaban J connectivity index is 1.79. The summed E-state index contributed by atoms with van der Waals surface area (Å²) in [6, 6.07) is 9.94. The predicted molar refractivity (Wildman–Crippen MR) is 64.6 cm³/mol. The van der Waals surface area contributed by atoms with E-state index in [0.717, 1.165) is 17.7 Å². The molecule has 0 unspecified atom stereocenters. The van der Waals surface area contributed by atoms with Gasteiger partial charge in [-0.1, -0.05) is 12.1 Å². The number of nitrogens with zero attached hydrogens (tertiary/aromatic N) is 2. The van der Waals surface area contributed by atoms with Crippen LogP contribution >= 0.6 is 0 Å². The molecule has 2 atom stereocenters. The molecule has 0 spiro atoms. The Bertz CT molecular complexity index is 532. The molecular formula is C14H14N2O2. The number of rotatable bonds is 3. The van der Waals surface area contributed by atoms with Crippen LogP contribution in [0.1, 0.15) is 18.4 Å². The first-order valence-electron chi connectivity index (χ1n) is 6.04. The maximum Gasteiger partial charge on any atom is 0.224 e. The largest absolute Gasteiger partial charge is 0.497 e. The molecule has 1 saturated heterocycles. The SMILES string of the molecule is COc1ccc(CN2C(=O)C[C@H]3C[C@]32C#N)cc1. The zero-order valence-corrected chi connectivity index (χ0v) is 10.2. The molecule has 2 aliphatic rings. The molecule has 1 amide bonds. The third-order valence-electron chi connectivity index (χ3n) is 3.97. The van der Waals surface area contributed by atoms with Gasteiger partial charge in [0.15, 0.2) is 0 Å². The minimum atomic E-state index is -0.503. The highest BCUT2D eigenvalue weighted by Gasteiger charge is 2.66. The van der Waals surface area contributed by atoms with Crippen molar-refractivity contribution in [2.24, 2.45) is 5.92 Å². The van der Waals surface area contributed by atoms with Crippen LogP contribution in [0.4, 0.5) is 0 Å². The summed E-state index contributed by atoms with van der Waals surface area (Å²) in [6.45, 7) is 0.521. The van der Waals surface area contributed by atoms with Gasteiger partial charge in [0, 0.05) is 18.9 Å². The van der Waals surface area contributed by atoms with E-state index in [-0.39, 0.29) is 11.8 Å². The number of methoxy groups -OCH3 is 1. The van der Waals surface area contributed by atoms with Crippen LogP contribution in [0.5, 0.6) is 5.75 Å². The van der Waals surface area contributed by atoms with Crippen LogP contribution in [0.15, 0.2) is 24.3 Å². The van der Waals surface area contributed by atoms with Crippen LogP contribution in [-0.2, 0) is 11.3 Å². The second-order valence-electron chi connectivity index (χ2n) is 4.97. The highest BCUT2D eigenvalue weighted by atomic mass is 16.5. The molecule has 0 bridgehead atoms. The average molecular weight is 242 g/mol. The molecular weight excluding hydrogens is 228 g/mol. The van der Waals surface area contributed by atoms with Crippen LogP contribution in [0.2, 0.25) is 0 Å². The van der Waals surface area contributed by atoms with Gasteiger partial charge in [-0.2, -0.15) is 5.26 Å². The number of benzene rings is 1. The Morgan fingerprint density at radius 3 is 2.83 bits per heavy atom. The fourth-order valence-corrected chi connectivity index (χ4v) is 2.77. The molecule has 0 aromatic heterocycles. The number of carbonyl (C=O) groups is 1. The van der Waals surface area contributed by atoms with Gasteiger partial charge in [-0.15, -0.1) is 0 Å². The number of piperidine rings is 1. The van der Waals surface area contributed by atoms with Crippen molar-refractivity contribution in [2.45, 2.75) is 24.9 Å². The molecule has 1 aliphatic heterocycles. The minimum absolute atomic E-state index is 0.101. The number of likely N-dealkylation sites (tertiary alicyclic amines) is 1. The van der Waals surface area contributed by atoms with Crippen molar-refractivity contribution >= 4 is 5.91 Å². The summed E-state index contributed by atoms with van der Waals surface area (Å²) >= 11 is 0. The maximum atomic E-state index is 11.9. The van der Waals surface area contributed by atoms with E-state index in [1.807, 2.05) is 24.3 Å². The molecule has 0 N–H and O–H groups in total. The average Bonchev–Trinajstić information content (AvgIpc) is 3.04. The molecule has 0 radical (unpaired) electrons. The normalized spacial score (nSPS) is 28.8. The molecule has 18 heavy (non-hydrogen) atoms. The van der Waals surface area contributed by atoms with Crippen molar-refractivity contribution in [3.05, 3.63) is 29.8 Å². The number of fused-ring (bicyclic) bond motifs is 1. The fraction of sp³-hybridized carbons (Fsp3) is 0.429. The topological polar surface area (TPSA) is 53.3 Å². The molecule has 1 saturated carbocycles. The first-order chi connectivity index (χ1) is 8.69. The van der Waals surface area contributed by atoms with E-state index < -0.39 is 5.54 Å². The predicted octanol–water partition coefficient (Wildman–Crippen LogP) is 1.71. The van der Waals surface area contributed by atoms with Crippen LogP contribution in [-0.4, -0.2) is 23.5 Å². The van der Waals surface area contributed by atoms with E-state index in [1.54, 1.807) is 12.0 Å². The minimum Gasteiger partial charge on any atom is -0.497 e. The molecule has 1 aliphatic carbocycles. The lowest BCUT2D eigenvalue weighted by Gasteiger charge is -2.23. The third-order valence-corrected chi connectivity index (χ3v) is 3.97. The fourth-order valence-electron chi connectivity index (χ4n) is 2.77. The monoisotopic (exact) mass is 242 g/mol. The van der Waals surface area contributed by atoms with Crippen molar-refractivity contribution in [2.75, 3.05) is 7.11 Å². The van der Waals surface area contributed by atoms with Crippen LogP contribution in [0.25, 0.3) is 0 Å². The number of carbonyl (C=O) groups excluding carboxylic acids is 1. The van der Waals surface area contributed by atoms with E-state index in [9.17, 15) is 10.1 Å². The van der Waals surface area contributed by atoms with E-state index >= 15 is 0 Å². The molecule has 4 heteroatoms. The zero-order valence-electron chi connectivity index (χ0n) is 10.2. The number of hydrogen-bond acceptors (Lipinski definition) is 3. The highest BCUT2D eigenvalue weighted by Crippen LogP contribution is 2.56. The van der Waals surface area contributed by atoms with Gasteiger partial charge in [0.05, 0.1) is 13.2 Å². The summed E-state index contributed by atoms with van der Waals surface area (Å²) in [5.74, 6) is 1.16. The molecule has 1 aromatic carbocycles. The van der Waals surface area contributed by atoms with Gasteiger partial charge in [-0.05, 0) is 24.1 Å². The Morgan fingerprint density at radius 2 is 2.22 bits per heavy atom. The second kappa shape index (κ2) is 3.74. The van der Waals surface area contributed by atoms with Crippen LogP contribution in [0.3, 0.4) is 0 Å². The first-order valence-corrected chi connectivity index (χ1v) is 6.04. The van der Waals surface area contributed by atoms with Gasteiger partial charge in [0.2, 0.25) is 5.91 Å². The third kappa shape index (κ3) is 1.47. The van der Waals surface area contributed by atoms with Gasteiger partial charge in [0.25, 0.3) is 0 Å². The summed E-state index contributed by atoms with van der Waals surface area (Å²) in [6.07, 6.45) is 1.37. The number of nitriles is 1. The second-order valence-corrected chi connectivity index (χ2v) is 4.97. The lowest BCUT2D eigenvalue weighted by Crippen LogP contribution is -2.36. The van der Waals surface area contributed by atoms with Gasteiger partial charge in [-0.25, -0.2) is 0 Å². The number of ether oxygens (including phenoxy) is 1. The quantitative estimate of drug-likeness (QED) is 0.810. The number of amides is 1. The highest BCUT2D eigenvalue weighted by molar-refractivity contribution is 5.83. The molecule has 3 rings (SSSR count). The van der Waals surface area contributed by atoms with Crippen LogP contribution < -0.4 is 4.74 Å². The summed E-state index contributed by atoms with van der Waals surface area (Å²) in [5.41, 5.74) is 0.531. The van der Waals surface area contributed by atoms with Crippen molar-refractivity contribution in [3.63, 3.8) is 0 Å². The Hall–Kier alpha value is -2.02. The van der Waals surface area contributed by atoms with E-state index in [2.05, 4.69) is 6.07 Å².